The minimum Gasteiger partial charge on any atom is -0.387 e. The summed E-state index contributed by atoms with van der Waals surface area (Å²) in [6.45, 7) is 3.28. The number of hydrogen-bond donors (Lipinski definition) is 4. The molecule has 1 aliphatic heterocycles. The summed E-state index contributed by atoms with van der Waals surface area (Å²) >= 11 is 0. The van der Waals surface area contributed by atoms with Crippen molar-refractivity contribution in [3.63, 3.8) is 0 Å². The Morgan fingerprint density at radius 2 is 1.07 bits per heavy atom. The van der Waals surface area contributed by atoms with Crippen LogP contribution in [0.1, 0.15) is 13.8 Å². The Balaban J connectivity index is 2.23. The highest BCUT2D eigenvalue weighted by molar-refractivity contribution is 5.03. The van der Waals surface area contributed by atoms with Crippen LogP contribution in [0.5, 0.6) is 0 Å². The molecular formula is C9H16O6. The van der Waals surface area contributed by atoms with E-state index in [-0.39, 0.29) is 0 Å². The normalized spacial score (nSPS) is 54.0. The molecule has 2 fully saturated rings. The summed E-state index contributed by atoms with van der Waals surface area (Å²) < 4.78 is 10.7. The summed E-state index contributed by atoms with van der Waals surface area (Å²) in [4.78, 5) is 0. The van der Waals surface area contributed by atoms with Crippen molar-refractivity contribution in [2.45, 2.75) is 56.3 Å². The third kappa shape index (κ3) is 1.67. The van der Waals surface area contributed by atoms with Gasteiger partial charge in [-0.25, -0.2) is 0 Å². The minimum atomic E-state index is -1.42. The second kappa shape index (κ2) is 3.38. The van der Waals surface area contributed by atoms with E-state index in [4.69, 9.17) is 9.47 Å². The zero-order valence-corrected chi connectivity index (χ0v) is 8.57. The number of rotatable bonds is 0. The van der Waals surface area contributed by atoms with E-state index in [9.17, 15) is 20.4 Å². The van der Waals surface area contributed by atoms with Crippen LogP contribution in [-0.2, 0) is 9.47 Å². The number of aliphatic hydroxyl groups is 4. The quantitative estimate of drug-likeness (QED) is 0.375. The lowest BCUT2D eigenvalue weighted by Crippen LogP contribution is -2.62. The topological polar surface area (TPSA) is 99.4 Å². The summed E-state index contributed by atoms with van der Waals surface area (Å²) in [6.07, 6.45) is -6.97. The molecule has 6 atom stereocenters. The molecule has 0 spiro atoms. The van der Waals surface area contributed by atoms with Crippen LogP contribution in [0.3, 0.4) is 0 Å². The maximum absolute atomic E-state index is 9.64. The predicted octanol–water partition coefficient (Wildman–Crippen LogP) is -2.04. The van der Waals surface area contributed by atoms with E-state index in [1.807, 2.05) is 0 Å². The molecule has 88 valence electrons. The van der Waals surface area contributed by atoms with Gasteiger partial charge in [-0.3, -0.25) is 0 Å². The van der Waals surface area contributed by atoms with Gasteiger partial charge in [-0.15, -0.1) is 0 Å². The van der Waals surface area contributed by atoms with Gasteiger partial charge in [0.2, 0.25) is 0 Å². The monoisotopic (exact) mass is 220 g/mol. The number of hydrogen-bond acceptors (Lipinski definition) is 6. The molecular weight excluding hydrogens is 204 g/mol. The standard InChI is InChI=1S/C9H16O6/c1-9(2)14-7-5(12)3(10)4(11)6(13)8(7)15-9/h3-8,10-13H,1-2H3/t3-,4-,5+,6+,7-,8+/m1/s1. The average Bonchev–Trinajstić information content (AvgIpc) is 2.48. The molecule has 0 unspecified atom stereocenters. The molecule has 1 heterocycles. The Bertz CT molecular complexity index is 231. The van der Waals surface area contributed by atoms with Crippen molar-refractivity contribution in [1.29, 1.82) is 0 Å². The number of fused-ring (bicyclic) bond motifs is 1. The van der Waals surface area contributed by atoms with E-state index < -0.39 is 42.4 Å². The fourth-order valence-electron chi connectivity index (χ4n) is 2.14. The van der Waals surface area contributed by atoms with E-state index in [0.717, 1.165) is 0 Å². The highest BCUT2D eigenvalue weighted by Gasteiger charge is 2.56. The van der Waals surface area contributed by atoms with Crippen LogP contribution < -0.4 is 0 Å². The third-order valence-corrected chi connectivity index (χ3v) is 2.89. The molecule has 0 bridgehead atoms. The Labute approximate surface area is 87.1 Å². The van der Waals surface area contributed by atoms with Crippen molar-refractivity contribution in [2.24, 2.45) is 0 Å². The molecule has 1 saturated heterocycles. The van der Waals surface area contributed by atoms with Crippen LogP contribution in [0, 0.1) is 0 Å². The van der Waals surface area contributed by atoms with Crippen LogP contribution in [0.2, 0.25) is 0 Å². The molecule has 0 radical (unpaired) electrons. The van der Waals surface area contributed by atoms with Crippen LogP contribution in [0.15, 0.2) is 0 Å². The lowest BCUT2D eigenvalue weighted by atomic mass is 9.85. The molecule has 4 N–H and O–H groups in total. The molecule has 0 aromatic carbocycles. The first-order valence-corrected chi connectivity index (χ1v) is 4.91. The predicted molar refractivity (Wildman–Crippen MR) is 47.9 cm³/mol. The molecule has 0 aromatic rings. The van der Waals surface area contributed by atoms with Crippen molar-refractivity contribution in [2.75, 3.05) is 0 Å². The second-order valence-corrected chi connectivity index (χ2v) is 4.53. The Morgan fingerprint density at radius 3 is 1.40 bits per heavy atom. The van der Waals surface area contributed by atoms with Crippen molar-refractivity contribution >= 4 is 0 Å². The van der Waals surface area contributed by atoms with E-state index in [0.29, 0.717) is 0 Å². The summed E-state index contributed by atoms with van der Waals surface area (Å²) in [7, 11) is 0. The van der Waals surface area contributed by atoms with Gasteiger partial charge < -0.3 is 29.9 Å². The van der Waals surface area contributed by atoms with E-state index in [1.54, 1.807) is 13.8 Å². The van der Waals surface area contributed by atoms with Gasteiger partial charge in [-0.05, 0) is 13.8 Å². The minimum absolute atomic E-state index is 0.812. The molecule has 15 heavy (non-hydrogen) atoms. The third-order valence-electron chi connectivity index (χ3n) is 2.89. The van der Waals surface area contributed by atoms with Crippen LogP contribution in [0.4, 0.5) is 0 Å². The van der Waals surface area contributed by atoms with Crippen molar-refractivity contribution in [3.05, 3.63) is 0 Å². The first-order chi connectivity index (χ1) is 6.83. The van der Waals surface area contributed by atoms with Crippen LogP contribution >= 0.6 is 0 Å². The Hall–Kier alpha value is -0.240. The van der Waals surface area contributed by atoms with E-state index >= 15 is 0 Å². The zero-order valence-electron chi connectivity index (χ0n) is 8.57. The second-order valence-electron chi connectivity index (χ2n) is 4.53. The van der Waals surface area contributed by atoms with Gasteiger partial charge in [-0.1, -0.05) is 0 Å². The SMILES string of the molecule is CC1(C)O[C@@H]2[C@@H](O)[C@H](O)[C@@H](O)[C@H](O)[C@@H]2O1. The fraction of sp³-hybridized carbons (Fsp3) is 1.00. The van der Waals surface area contributed by atoms with Crippen molar-refractivity contribution in [3.8, 4) is 0 Å². The maximum Gasteiger partial charge on any atom is 0.164 e. The first-order valence-electron chi connectivity index (χ1n) is 4.91. The van der Waals surface area contributed by atoms with Crippen LogP contribution in [-0.4, -0.2) is 62.8 Å². The molecule has 1 aliphatic carbocycles. The van der Waals surface area contributed by atoms with Crippen LogP contribution in [0.25, 0.3) is 0 Å². The summed E-state index contributed by atoms with van der Waals surface area (Å²) in [5.74, 6) is -0.929. The number of ether oxygens (including phenoxy) is 2. The number of aliphatic hydroxyl groups excluding tert-OH is 4. The van der Waals surface area contributed by atoms with E-state index in [2.05, 4.69) is 0 Å². The summed E-state index contributed by atoms with van der Waals surface area (Å²) in [6, 6.07) is 0. The highest BCUT2D eigenvalue weighted by Crippen LogP contribution is 2.37. The molecule has 6 nitrogen and oxygen atoms in total. The zero-order chi connectivity index (χ0) is 11.4. The van der Waals surface area contributed by atoms with Gasteiger partial charge in [0, 0.05) is 0 Å². The van der Waals surface area contributed by atoms with Gasteiger partial charge in [0.15, 0.2) is 5.79 Å². The average molecular weight is 220 g/mol. The smallest absolute Gasteiger partial charge is 0.164 e. The molecule has 2 aliphatic rings. The Morgan fingerprint density at radius 1 is 0.733 bits per heavy atom. The highest BCUT2D eigenvalue weighted by atomic mass is 16.8. The van der Waals surface area contributed by atoms with Gasteiger partial charge in [0.05, 0.1) is 0 Å². The summed E-state index contributed by atoms with van der Waals surface area (Å²) in [5, 5.41) is 38.2. The lowest BCUT2D eigenvalue weighted by molar-refractivity contribution is -0.192. The fourth-order valence-corrected chi connectivity index (χ4v) is 2.14. The largest absolute Gasteiger partial charge is 0.387 e. The maximum atomic E-state index is 9.64. The van der Waals surface area contributed by atoms with E-state index in [1.165, 1.54) is 0 Å². The molecule has 1 saturated carbocycles. The summed E-state index contributed by atoms with van der Waals surface area (Å²) in [5.41, 5.74) is 0. The van der Waals surface area contributed by atoms with Gasteiger partial charge in [0.25, 0.3) is 0 Å². The van der Waals surface area contributed by atoms with Crippen molar-refractivity contribution in [1.82, 2.24) is 0 Å². The molecule has 2 rings (SSSR count). The molecule has 0 aromatic heterocycles. The van der Waals surface area contributed by atoms with Gasteiger partial charge in [0.1, 0.15) is 36.6 Å². The van der Waals surface area contributed by atoms with Gasteiger partial charge in [-0.2, -0.15) is 0 Å². The first kappa shape index (κ1) is 11.3. The lowest BCUT2D eigenvalue weighted by Gasteiger charge is -2.38. The van der Waals surface area contributed by atoms with Crippen molar-refractivity contribution < 1.29 is 29.9 Å². The Kier molecular flexibility index (Phi) is 2.53. The van der Waals surface area contributed by atoms with Gasteiger partial charge >= 0.3 is 0 Å². The molecule has 0 amide bonds. The molecule has 6 heteroatoms.